The molecule has 1 saturated heterocycles. The van der Waals surface area contributed by atoms with Crippen LogP contribution in [-0.2, 0) is 4.79 Å². The van der Waals surface area contributed by atoms with Crippen LogP contribution in [0, 0.1) is 12.8 Å². The molecule has 3 nitrogen and oxygen atoms in total. The summed E-state index contributed by atoms with van der Waals surface area (Å²) in [6.07, 6.45) is 6.83. The topological polar surface area (TPSA) is 46.3 Å². The molecule has 1 aromatic carbocycles. The number of benzene rings is 1. The number of hydrogen-bond donors (Lipinski definition) is 1. The van der Waals surface area contributed by atoms with Crippen molar-refractivity contribution in [1.82, 2.24) is 4.90 Å². The Hall–Kier alpha value is -1.35. The maximum absolute atomic E-state index is 12.3. The molecular weight excluding hydrogens is 260 g/mol. The van der Waals surface area contributed by atoms with Crippen molar-refractivity contribution in [2.24, 2.45) is 11.7 Å². The molecule has 0 spiro atoms. The van der Waals surface area contributed by atoms with Gasteiger partial charge in [0.2, 0.25) is 5.91 Å². The van der Waals surface area contributed by atoms with E-state index < -0.39 is 0 Å². The van der Waals surface area contributed by atoms with E-state index in [0.29, 0.717) is 18.4 Å². The Morgan fingerprint density at radius 2 is 1.81 bits per heavy atom. The minimum Gasteiger partial charge on any atom is -0.339 e. The first-order valence-corrected chi connectivity index (χ1v) is 8.27. The van der Waals surface area contributed by atoms with Crippen LogP contribution in [0.1, 0.15) is 55.7 Å². The molecular formula is C18H26N2O. The Bertz CT molecular complexity index is 490. The van der Waals surface area contributed by atoms with Gasteiger partial charge in [0.25, 0.3) is 0 Å². The van der Waals surface area contributed by atoms with E-state index in [1.165, 1.54) is 37.7 Å². The number of nitrogens with zero attached hydrogens (tertiary/aromatic N) is 1. The maximum Gasteiger partial charge on any atom is 0.223 e. The van der Waals surface area contributed by atoms with Crippen molar-refractivity contribution in [1.29, 1.82) is 0 Å². The molecule has 2 N–H and O–H groups in total. The summed E-state index contributed by atoms with van der Waals surface area (Å²) in [5, 5.41) is 0. The van der Waals surface area contributed by atoms with Gasteiger partial charge < -0.3 is 10.6 Å². The highest BCUT2D eigenvalue weighted by molar-refractivity contribution is 5.79. The van der Waals surface area contributed by atoms with Crippen molar-refractivity contribution >= 4 is 5.91 Å². The number of hydrogen-bond acceptors (Lipinski definition) is 2. The van der Waals surface area contributed by atoms with Crippen molar-refractivity contribution in [3.8, 4) is 0 Å². The van der Waals surface area contributed by atoms with Crippen LogP contribution in [0.4, 0.5) is 0 Å². The van der Waals surface area contributed by atoms with Gasteiger partial charge in [0, 0.05) is 31.0 Å². The molecule has 0 aromatic heterocycles. The third kappa shape index (κ3) is 3.13. The highest BCUT2D eigenvalue weighted by Gasteiger charge is 2.37. The highest BCUT2D eigenvalue weighted by Crippen LogP contribution is 2.33. The van der Waals surface area contributed by atoms with Crippen molar-refractivity contribution in [3.63, 3.8) is 0 Å². The quantitative estimate of drug-likeness (QED) is 0.927. The average molecular weight is 286 g/mol. The monoisotopic (exact) mass is 286 g/mol. The molecule has 2 fully saturated rings. The first kappa shape index (κ1) is 14.6. The molecule has 3 heteroatoms. The van der Waals surface area contributed by atoms with Crippen LogP contribution in [0.2, 0.25) is 0 Å². The highest BCUT2D eigenvalue weighted by atomic mass is 16.2. The average Bonchev–Trinajstić information content (AvgIpc) is 2.90. The van der Waals surface area contributed by atoms with Gasteiger partial charge >= 0.3 is 0 Å². The molecule has 1 saturated carbocycles. The number of carbonyl (C=O) groups is 1. The smallest absolute Gasteiger partial charge is 0.223 e. The third-order valence-corrected chi connectivity index (χ3v) is 5.17. The van der Waals surface area contributed by atoms with Crippen LogP contribution in [0.25, 0.3) is 0 Å². The van der Waals surface area contributed by atoms with Crippen LogP contribution in [-0.4, -0.2) is 23.4 Å². The van der Waals surface area contributed by atoms with E-state index in [1.54, 1.807) is 0 Å². The molecule has 1 aliphatic carbocycles. The van der Waals surface area contributed by atoms with E-state index in [1.807, 2.05) is 0 Å². The van der Waals surface area contributed by atoms with E-state index in [-0.39, 0.29) is 12.0 Å². The van der Waals surface area contributed by atoms with Crippen LogP contribution >= 0.6 is 0 Å². The Morgan fingerprint density at radius 1 is 1.14 bits per heavy atom. The van der Waals surface area contributed by atoms with Gasteiger partial charge in [0.1, 0.15) is 0 Å². The van der Waals surface area contributed by atoms with Crippen molar-refractivity contribution in [2.45, 2.75) is 57.5 Å². The van der Waals surface area contributed by atoms with Crippen LogP contribution in [0.3, 0.4) is 0 Å². The standard InChI is InChI=1S/C18H26N2O/c1-13-7-9-14(10-8-13)18(19)15-11-17(21)20(12-15)16-5-3-2-4-6-16/h7-10,15-16,18H,2-6,11-12,19H2,1H3. The molecule has 1 aliphatic heterocycles. The summed E-state index contributed by atoms with van der Waals surface area (Å²) in [7, 11) is 0. The molecule has 0 bridgehead atoms. The summed E-state index contributed by atoms with van der Waals surface area (Å²) in [6, 6.07) is 8.86. The fraction of sp³-hybridized carbons (Fsp3) is 0.611. The minimum absolute atomic E-state index is 0.0249. The number of nitrogens with two attached hydrogens (primary N) is 1. The molecule has 21 heavy (non-hydrogen) atoms. The number of aryl methyl sites for hydroxylation is 1. The summed E-state index contributed by atoms with van der Waals surface area (Å²) >= 11 is 0. The molecule has 1 aromatic rings. The van der Waals surface area contributed by atoms with Gasteiger partial charge in [-0.25, -0.2) is 0 Å². The molecule has 114 valence electrons. The molecule has 3 rings (SSSR count). The molecule has 1 amide bonds. The Labute approximate surface area is 127 Å². The van der Waals surface area contributed by atoms with E-state index in [0.717, 1.165) is 12.1 Å². The largest absolute Gasteiger partial charge is 0.339 e. The van der Waals surface area contributed by atoms with Crippen molar-refractivity contribution in [2.75, 3.05) is 6.54 Å². The summed E-state index contributed by atoms with van der Waals surface area (Å²) in [5.74, 6) is 0.580. The van der Waals surface area contributed by atoms with Gasteiger partial charge in [-0.3, -0.25) is 4.79 Å². The maximum atomic E-state index is 12.3. The van der Waals surface area contributed by atoms with Gasteiger partial charge in [-0.15, -0.1) is 0 Å². The SMILES string of the molecule is Cc1ccc(C(N)C2CC(=O)N(C3CCCCC3)C2)cc1. The lowest BCUT2D eigenvalue weighted by Crippen LogP contribution is -2.38. The summed E-state index contributed by atoms with van der Waals surface area (Å²) < 4.78 is 0. The zero-order valence-corrected chi connectivity index (χ0v) is 12.9. The predicted octanol–water partition coefficient (Wildman–Crippen LogP) is 3.18. The van der Waals surface area contributed by atoms with Gasteiger partial charge in [-0.05, 0) is 25.3 Å². The number of carbonyl (C=O) groups excluding carboxylic acids is 1. The zero-order valence-electron chi connectivity index (χ0n) is 12.9. The Kier molecular flexibility index (Phi) is 4.29. The van der Waals surface area contributed by atoms with E-state index in [4.69, 9.17) is 5.73 Å². The number of amides is 1. The van der Waals surface area contributed by atoms with Crippen LogP contribution in [0.15, 0.2) is 24.3 Å². The lowest BCUT2D eigenvalue weighted by molar-refractivity contribution is -0.130. The molecule has 0 radical (unpaired) electrons. The number of rotatable bonds is 3. The summed E-state index contributed by atoms with van der Waals surface area (Å²) in [6.45, 7) is 2.93. The number of likely N-dealkylation sites (tertiary alicyclic amines) is 1. The summed E-state index contributed by atoms with van der Waals surface area (Å²) in [4.78, 5) is 14.5. The molecule has 2 aliphatic rings. The zero-order chi connectivity index (χ0) is 14.8. The Balaban J connectivity index is 1.67. The second kappa shape index (κ2) is 6.18. The second-order valence-electron chi connectivity index (χ2n) is 6.74. The predicted molar refractivity (Wildman–Crippen MR) is 84.8 cm³/mol. The summed E-state index contributed by atoms with van der Waals surface area (Å²) in [5.41, 5.74) is 8.83. The molecule has 2 atom stereocenters. The fourth-order valence-corrected chi connectivity index (χ4v) is 3.81. The van der Waals surface area contributed by atoms with Crippen LogP contribution in [0.5, 0.6) is 0 Å². The normalized spacial score (nSPS) is 25.3. The first-order chi connectivity index (χ1) is 10.1. The van der Waals surface area contributed by atoms with E-state index in [9.17, 15) is 4.79 Å². The van der Waals surface area contributed by atoms with Crippen LogP contribution < -0.4 is 5.73 Å². The van der Waals surface area contributed by atoms with E-state index in [2.05, 4.69) is 36.1 Å². The lowest BCUT2D eigenvalue weighted by Gasteiger charge is -2.31. The van der Waals surface area contributed by atoms with Crippen molar-refractivity contribution in [3.05, 3.63) is 35.4 Å². The third-order valence-electron chi connectivity index (χ3n) is 5.17. The van der Waals surface area contributed by atoms with Gasteiger partial charge in [-0.1, -0.05) is 49.1 Å². The minimum atomic E-state index is -0.0249. The molecule has 1 heterocycles. The van der Waals surface area contributed by atoms with Gasteiger partial charge in [0.15, 0.2) is 0 Å². The van der Waals surface area contributed by atoms with Gasteiger partial charge in [-0.2, -0.15) is 0 Å². The van der Waals surface area contributed by atoms with E-state index >= 15 is 0 Å². The fourth-order valence-electron chi connectivity index (χ4n) is 3.81. The van der Waals surface area contributed by atoms with Crippen molar-refractivity contribution < 1.29 is 4.79 Å². The Morgan fingerprint density at radius 3 is 2.48 bits per heavy atom. The first-order valence-electron chi connectivity index (χ1n) is 8.27. The second-order valence-corrected chi connectivity index (χ2v) is 6.74. The van der Waals surface area contributed by atoms with Gasteiger partial charge in [0.05, 0.1) is 0 Å². The lowest BCUT2D eigenvalue weighted by atomic mass is 9.92. The molecule has 2 unspecified atom stereocenters.